The normalized spacial score (nSPS) is 14.7. The average molecular weight is 518 g/mol. The van der Waals surface area contributed by atoms with Gasteiger partial charge in [-0.05, 0) is 42.3 Å². The van der Waals surface area contributed by atoms with E-state index in [1.807, 2.05) is 79.7 Å². The largest absolute Gasteiger partial charge is 0.497 e. The summed E-state index contributed by atoms with van der Waals surface area (Å²) in [4.78, 5) is 18.3. The van der Waals surface area contributed by atoms with Crippen LogP contribution < -0.4 is 15.4 Å². The first-order chi connectivity index (χ1) is 17.5. The van der Waals surface area contributed by atoms with Crippen molar-refractivity contribution in [2.24, 2.45) is 0 Å². The molecule has 2 heterocycles. The molecule has 0 saturated carbocycles. The highest BCUT2D eigenvalue weighted by atomic mass is 35.5. The monoisotopic (exact) mass is 517 g/mol. The van der Waals surface area contributed by atoms with Gasteiger partial charge in [-0.3, -0.25) is 4.79 Å². The Morgan fingerprint density at radius 1 is 1.11 bits per heavy atom. The number of allylic oxidation sites excluding steroid dienone is 1. The maximum Gasteiger partial charge on any atom is 0.255 e. The predicted octanol–water partition coefficient (Wildman–Crippen LogP) is 6.16. The first-order valence-corrected chi connectivity index (χ1v) is 12.7. The molecule has 1 unspecified atom stereocenters. The van der Waals surface area contributed by atoms with Crippen molar-refractivity contribution < 1.29 is 9.53 Å². The lowest BCUT2D eigenvalue weighted by molar-refractivity contribution is -0.113. The molecule has 36 heavy (non-hydrogen) atoms. The van der Waals surface area contributed by atoms with Crippen molar-refractivity contribution in [2.45, 2.75) is 23.9 Å². The van der Waals surface area contributed by atoms with Crippen molar-refractivity contribution >= 4 is 40.9 Å². The number of rotatable bonds is 7. The van der Waals surface area contributed by atoms with E-state index in [-0.39, 0.29) is 5.91 Å². The number of halogens is 1. The average Bonchev–Trinajstić information content (AvgIpc) is 3.30. The molecule has 1 amide bonds. The smallest absolute Gasteiger partial charge is 0.255 e. The third kappa shape index (κ3) is 5.10. The standard InChI is InChI=1S/C27H24ClN5O2S/c1-17-23(25(34)30-21-9-6-10-22(15-21)35-2)24(19-7-4-3-5-8-19)33-26(29-17)31-27(32-33)36-16-18-11-13-20(28)14-12-18/h3-15,24H,16H2,1-2H3,(H,30,34)(H,29,31,32). The first kappa shape index (κ1) is 24.0. The van der Waals surface area contributed by atoms with Gasteiger partial charge in [0.2, 0.25) is 11.1 Å². The number of hydrogen-bond donors (Lipinski definition) is 2. The van der Waals surface area contributed by atoms with Gasteiger partial charge < -0.3 is 15.4 Å². The number of nitrogens with one attached hydrogen (secondary N) is 2. The molecule has 0 bridgehead atoms. The van der Waals surface area contributed by atoms with Gasteiger partial charge in [-0.25, -0.2) is 4.68 Å². The molecule has 0 saturated heterocycles. The summed E-state index contributed by atoms with van der Waals surface area (Å²) in [6, 6.07) is 24.4. The predicted molar refractivity (Wildman–Crippen MR) is 144 cm³/mol. The number of carbonyl (C=O) groups excluding carboxylic acids is 1. The van der Waals surface area contributed by atoms with Gasteiger partial charge in [0.1, 0.15) is 11.8 Å². The fourth-order valence-corrected chi connectivity index (χ4v) is 4.97. The lowest BCUT2D eigenvalue weighted by Gasteiger charge is -2.28. The first-order valence-electron chi connectivity index (χ1n) is 11.3. The van der Waals surface area contributed by atoms with Gasteiger partial charge in [0.25, 0.3) is 5.91 Å². The van der Waals surface area contributed by atoms with Crippen LogP contribution in [0.5, 0.6) is 5.75 Å². The van der Waals surface area contributed by atoms with E-state index in [2.05, 4.69) is 10.6 Å². The van der Waals surface area contributed by atoms with Crippen molar-refractivity contribution in [3.63, 3.8) is 0 Å². The van der Waals surface area contributed by atoms with E-state index in [1.165, 1.54) is 11.8 Å². The lowest BCUT2D eigenvalue weighted by atomic mass is 9.95. The van der Waals surface area contributed by atoms with Crippen molar-refractivity contribution in [1.82, 2.24) is 14.8 Å². The van der Waals surface area contributed by atoms with E-state index >= 15 is 0 Å². The molecule has 0 aliphatic carbocycles. The summed E-state index contributed by atoms with van der Waals surface area (Å²) in [5.74, 6) is 1.74. The number of nitrogens with zero attached hydrogens (tertiary/aromatic N) is 3. The summed E-state index contributed by atoms with van der Waals surface area (Å²) < 4.78 is 7.08. The molecule has 1 atom stereocenters. The molecular weight excluding hydrogens is 494 g/mol. The highest BCUT2D eigenvalue weighted by Crippen LogP contribution is 2.37. The van der Waals surface area contributed by atoms with E-state index < -0.39 is 6.04 Å². The van der Waals surface area contributed by atoms with Crippen LogP contribution in [0.3, 0.4) is 0 Å². The number of thioether (sulfide) groups is 1. The highest BCUT2D eigenvalue weighted by Gasteiger charge is 2.34. The van der Waals surface area contributed by atoms with Gasteiger partial charge in [-0.15, -0.1) is 5.10 Å². The van der Waals surface area contributed by atoms with E-state index in [0.717, 1.165) is 16.8 Å². The van der Waals surface area contributed by atoms with Crippen LogP contribution in [-0.2, 0) is 10.5 Å². The third-order valence-corrected chi connectivity index (χ3v) is 6.96. The lowest BCUT2D eigenvalue weighted by Crippen LogP contribution is -2.31. The molecule has 7 nitrogen and oxygen atoms in total. The van der Waals surface area contributed by atoms with Gasteiger partial charge in [-0.1, -0.05) is 71.9 Å². The number of benzene rings is 3. The van der Waals surface area contributed by atoms with Gasteiger partial charge in [0, 0.05) is 28.2 Å². The zero-order valence-corrected chi connectivity index (χ0v) is 21.3. The minimum Gasteiger partial charge on any atom is -0.497 e. The van der Waals surface area contributed by atoms with E-state index in [0.29, 0.717) is 38.9 Å². The summed E-state index contributed by atoms with van der Waals surface area (Å²) in [5, 5.41) is 12.4. The Morgan fingerprint density at radius 3 is 2.64 bits per heavy atom. The van der Waals surface area contributed by atoms with Crippen LogP contribution >= 0.6 is 23.4 Å². The minimum absolute atomic E-state index is 0.223. The van der Waals surface area contributed by atoms with Crippen LogP contribution in [0.25, 0.3) is 0 Å². The van der Waals surface area contributed by atoms with Gasteiger partial charge in [0.05, 0.1) is 12.7 Å². The maximum atomic E-state index is 13.6. The van der Waals surface area contributed by atoms with Gasteiger partial charge in [0.15, 0.2) is 0 Å². The molecule has 1 aliphatic heterocycles. The second-order valence-corrected chi connectivity index (χ2v) is 9.62. The Balaban J connectivity index is 1.46. The number of amides is 1. The Kier molecular flexibility index (Phi) is 6.97. The molecule has 3 aromatic carbocycles. The Morgan fingerprint density at radius 2 is 1.89 bits per heavy atom. The number of carbonyl (C=O) groups is 1. The molecule has 0 fully saturated rings. The Labute approximate surface area is 218 Å². The number of ether oxygens (including phenoxy) is 1. The van der Waals surface area contributed by atoms with E-state index in [4.69, 9.17) is 26.4 Å². The Hall–Kier alpha value is -3.75. The van der Waals surface area contributed by atoms with Crippen LogP contribution in [0.1, 0.15) is 24.1 Å². The molecule has 9 heteroatoms. The van der Waals surface area contributed by atoms with Crippen LogP contribution in [0, 0.1) is 0 Å². The minimum atomic E-state index is -0.439. The number of hydrogen-bond acceptors (Lipinski definition) is 6. The number of fused-ring (bicyclic) bond motifs is 1. The fraction of sp³-hybridized carbons (Fsp3) is 0.148. The zero-order valence-electron chi connectivity index (χ0n) is 19.7. The molecule has 5 rings (SSSR count). The van der Waals surface area contributed by atoms with Gasteiger partial charge in [-0.2, -0.15) is 4.98 Å². The van der Waals surface area contributed by atoms with Crippen LogP contribution in [0.15, 0.2) is 95.3 Å². The number of methoxy groups -OCH3 is 1. The molecule has 0 radical (unpaired) electrons. The summed E-state index contributed by atoms with van der Waals surface area (Å²) >= 11 is 7.53. The quantitative estimate of drug-likeness (QED) is 0.286. The zero-order chi connectivity index (χ0) is 25.1. The fourth-order valence-electron chi connectivity index (χ4n) is 4.06. The molecule has 1 aromatic heterocycles. The second-order valence-electron chi connectivity index (χ2n) is 8.24. The molecule has 182 valence electrons. The SMILES string of the molecule is COc1cccc(NC(=O)C2=C(C)Nc3nc(SCc4ccc(Cl)cc4)nn3C2c2ccccc2)c1. The highest BCUT2D eigenvalue weighted by molar-refractivity contribution is 7.98. The van der Waals surface area contributed by atoms with Crippen molar-refractivity contribution in [1.29, 1.82) is 0 Å². The maximum absolute atomic E-state index is 13.6. The van der Waals surface area contributed by atoms with Crippen molar-refractivity contribution in [2.75, 3.05) is 17.7 Å². The molecule has 2 N–H and O–H groups in total. The Bertz CT molecular complexity index is 1420. The summed E-state index contributed by atoms with van der Waals surface area (Å²) in [6.07, 6.45) is 0. The van der Waals surface area contributed by atoms with Gasteiger partial charge >= 0.3 is 0 Å². The molecular formula is C27H24ClN5O2S. The molecule has 4 aromatic rings. The topological polar surface area (TPSA) is 81.1 Å². The molecule has 0 spiro atoms. The summed E-state index contributed by atoms with van der Waals surface area (Å²) in [5.41, 5.74) is 4.00. The number of anilines is 2. The van der Waals surface area contributed by atoms with E-state index in [9.17, 15) is 4.79 Å². The van der Waals surface area contributed by atoms with Crippen LogP contribution in [-0.4, -0.2) is 27.8 Å². The third-order valence-electron chi connectivity index (χ3n) is 5.80. The van der Waals surface area contributed by atoms with Crippen molar-refractivity contribution in [3.05, 3.63) is 106 Å². The van der Waals surface area contributed by atoms with E-state index in [1.54, 1.807) is 17.9 Å². The van der Waals surface area contributed by atoms with Crippen molar-refractivity contribution in [3.8, 4) is 5.75 Å². The van der Waals surface area contributed by atoms with Crippen LogP contribution in [0.4, 0.5) is 11.6 Å². The summed E-state index contributed by atoms with van der Waals surface area (Å²) in [7, 11) is 1.60. The number of aromatic nitrogens is 3. The molecule has 1 aliphatic rings. The van der Waals surface area contributed by atoms with Crippen LogP contribution in [0.2, 0.25) is 5.02 Å². The second kappa shape index (κ2) is 10.5. The summed E-state index contributed by atoms with van der Waals surface area (Å²) in [6.45, 7) is 1.88.